The molecule has 0 aliphatic carbocycles. The molecule has 0 aliphatic rings. The molecule has 0 saturated heterocycles. The second kappa shape index (κ2) is 7.13. The minimum absolute atomic E-state index is 0.363. The van der Waals surface area contributed by atoms with Crippen LogP contribution >= 0.6 is 23.2 Å². The van der Waals surface area contributed by atoms with Crippen LogP contribution in [0.15, 0.2) is 18.2 Å². The van der Waals surface area contributed by atoms with Gasteiger partial charge in [0.25, 0.3) is 0 Å². The minimum Gasteiger partial charge on any atom is -0.383 e. The molecule has 0 bridgehead atoms. The molecule has 1 N–H and O–H groups in total. The van der Waals surface area contributed by atoms with Crippen LogP contribution in [0.5, 0.6) is 0 Å². The number of halogens is 2. The third kappa shape index (κ3) is 4.30. The first-order valence-corrected chi connectivity index (χ1v) is 6.05. The fourth-order valence-corrected chi connectivity index (χ4v) is 2.10. The number of hydrogen-bond donors (Lipinski definition) is 1. The van der Waals surface area contributed by atoms with Crippen molar-refractivity contribution in [2.45, 2.75) is 12.8 Å². The van der Waals surface area contributed by atoms with E-state index in [1.54, 1.807) is 13.2 Å². The Bertz CT molecular complexity index is 331. The molecule has 2 nitrogen and oxygen atoms in total. The quantitative estimate of drug-likeness (QED) is 0.794. The lowest BCUT2D eigenvalue weighted by Crippen LogP contribution is -2.24. The van der Waals surface area contributed by atoms with Crippen LogP contribution in [0.4, 0.5) is 0 Å². The molecule has 1 aromatic carbocycles. The zero-order chi connectivity index (χ0) is 12.0. The maximum atomic E-state index is 6.13. The molecule has 0 amide bonds. The van der Waals surface area contributed by atoms with Crippen LogP contribution in [0, 0.1) is 0 Å². The maximum absolute atomic E-state index is 6.13. The Hall–Kier alpha value is -0.280. The summed E-state index contributed by atoms with van der Waals surface area (Å²) in [5, 5.41) is 4.71. The number of ether oxygens (including phenoxy) is 1. The van der Waals surface area contributed by atoms with Gasteiger partial charge < -0.3 is 10.1 Å². The van der Waals surface area contributed by atoms with Crippen molar-refractivity contribution in [3.05, 3.63) is 33.8 Å². The van der Waals surface area contributed by atoms with E-state index in [1.807, 2.05) is 12.1 Å². The van der Waals surface area contributed by atoms with Gasteiger partial charge in [-0.15, -0.1) is 0 Å². The summed E-state index contributed by atoms with van der Waals surface area (Å²) in [6.07, 6.45) is 0. The summed E-state index contributed by atoms with van der Waals surface area (Å²) in [6.45, 7) is 4.59. The monoisotopic (exact) mass is 261 g/mol. The second-order valence-corrected chi connectivity index (χ2v) is 4.61. The van der Waals surface area contributed by atoms with Crippen LogP contribution in [-0.2, 0) is 4.74 Å². The van der Waals surface area contributed by atoms with E-state index in [0.29, 0.717) is 10.9 Å². The topological polar surface area (TPSA) is 21.3 Å². The highest BCUT2D eigenvalue weighted by atomic mass is 35.5. The van der Waals surface area contributed by atoms with Crippen LogP contribution in [-0.4, -0.2) is 26.8 Å². The Kier molecular flexibility index (Phi) is 6.14. The predicted octanol–water partition coefficient (Wildman–Crippen LogP) is 3.33. The lowest BCUT2D eigenvalue weighted by molar-refractivity contribution is 0.199. The Balaban J connectivity index is 2.49. The second-order valence-electron chi connectivity index (χ2n) is 3.76. The van der Waals surface area contributed by atoms with E-state index in [2.05, 4.69) is 12.2 Å². The van der Waals surface area contributed by atoms with Gasteiger partial charge in [0.2, 0.25) is 0 Å². The molecule has 0 spiro atoms. The van der Waals surface area contributed by atoms with E-state index in [0.717, 1.165) is 30.3 Å². The first-order chi connectivity index (χ1) is 7.65. The van der Waals surface area contributed by atoms with Gasteiger partial charge in [-0.2, -0.15) is 0 Å². The van der Waals surface area contributed by atoms with Gasteiger partial charge in [0.05, 0.1) is 6.61 Å². The normalized spacial score (nSPS) is 12.8. The average molecular weight is 262 g/mol. The van der Waals surface area contributed by atoms with Crippen LogP contribution in [0.3, 0.4) is 0 Å². The number of hydrogen-bond acceptors (Lipinski definition) is 2. The fraction of sp³-hybridized carbons (Fsp3) is 0.500. The molecule has 1 aromatic rings. The largest absolute Gasteiger partial charge is 0.383 e. The summed E-state index contributed by atoms with van der Waals surface area (Å²) in [5.41, 5.74) is 1.12. The summed E-state index contributed by atoms with van der Waals surface area (Å²) >= 11 is 12.0. The Morgan fingerprint density at radius 3 is 2.75 bits per heavy atom. The van der Waals surface area contributed by atoms with Gasteiger partial charge in [0.1, 0.15) is 0 Å². The Morgan fingerprint density at radius 1 is 1.38 bits per heavy atom. The number of benzene rings is 1. The first kappa shape index (κ1) is 13.8. The molecule has 0 heterocycles. The molecule has 0 fully saturated rings. The molecule has 1 rings (SSSR count). The summed E-state index contributed by atoms with van der Waals surface area (Å²) in [6, 6.07) is 5.63. The standard InChI is InChI=1S/C12H17Cl2NO/c1-9(8-15-5-6-16-2)11-4-3-10(13)7-12(11)14/h3-4,7,9,15H,5-6,8H2,1-2H3. The van der Waals surface area contributed by atoms with E-state index in [9.17, 15) is 0 Å². The zero-order valence-electron chi connectivity index (χ0n) is 9.59. The molecule has 1 atom stereocenters. The van der Waals surface area contributed by atoms with Gasteiger partial charge >= 0.3 is 0 Å². The van der Waals surface area contributed by atoms with Crippen molar-refractivity contribution in [1.82, 2.24) is 5.32 Å². The van der Waals surface area contributed by atoms with Crippen molar-refractivity contribution >= 4 is 23.2 Å². The van der Waals surface area contributed by atoms with E-state index < -0.39 is 0 Å². The maximum Gasteiger partial charge on any atom is 0.0587 e. The van der Waals surface area contributed by atoms with Gasteiger partial charge in [-0.25, -0.2) is 0 Å². The molecule has 4 heteroatoms. The lowest BCUT2D eigenvalue weighted by Gasteiger charge is -2.14. The first-order valence-electron chi connectivity index (χ1n) is 5.29. The van der Waals surface area contributed by atoms with Crippen LogP contribution < -0.4 is 5.32 Å². The molecule has 90 valence electrons. The van der Waals surface area contributed by atoms with E-state index in [4.69, 9.17) is 27.9 Å². The van der Waals surface area contributed by atoms with Gasteiger partial charge in [0.15, 0.2) is 0 Å². The lowest BCUT2D eigenvalue weighted by atomic mass is 10.0. The number of methoxy groups -OCH3 is 1. The van der Waals surface area contributed by atoms with Gasteiger partial charge in [-0.3, -0.25) is 0 Å². The molecule has 1 unspecified atom stereocenters. The van der Waals surface area contributed by atoms with Crippen molar-refractivity contribution in [1.29, 1.82) is 0 Å². The third-order valence-corrected chi connectivity index (χ3v) is 2.99. The van der Waals surface area contributed by atoms with Crippen LogP contribution in [0.2, 0.25) is 10.0 Å². The predicted molar refractivity (Wildman–Crippen MR) is 69.6 cm³/mol. The Labute approximate surface area is 107 Å². The molecule has 0 aromatic heterocycles. The van der Waals surface area contributed by atoms with E-state index in [-0.39, 0.29) is 0 Å². The SMILES string of the molecule is COCCNCC(C)c1ccc(Cl)cc1Cl. The average Bonchev–Trinajstić information content (AvgIpc) is 2.24. The fourth-order valence-electron chi connectivity index (χ4n) is 1.50. The highest BCUT2D eigenvalue weighted by molar-refractivity contribution is 6.35. The van der Waals surface area contributed by atoms with Crippen molar-refractivity contribution in [2.75, 3.05) is 26.8 Å². The molecule has 0 aliphatic heterocycles. The van der Waals surface area contributed by atoms with Crippen molar-refractivity contribution < 1.29 is 4.74 Å². The molecular weight excluding hydrogens is 245 g/mol. The van der Waals surface area contributed by atoms with Gasteiger partial charge in [-0.1, -0.05) is 36.2 Å². The summed E-state index contributed by atoms with van der Waals surface area (Å²) in [7, 11) is 1.70. The molecule has 16 heavy (non-hydrogen) atoms. The zero-order valence-corrected chi connectivity index (χ0v) is 11.1. The van der Waals surface area contributed by atoms with Crippen molar-refractivity contribution in [2.24, 2.45) is 0 Å². The molecule has 0 saturated carbocycles. The minimum atomic E-state index is 0.363. The smallest absolute Gasteiger partial charge is 0.0587 e. The Morgan fingerprint density at radius 2 is 2.12 bits per heavy atom. The van der Waals surface area contributed by atoms with Crippen LogP contribution in [0.25, 0.3) is 0 Å². The van der Waals surface area contributed by atoms with Crippen molar-refractivity contribution in [3.63, 3.8) is 0 Å². The van der Waals surface area contributed by atoms with E-state index in [1.165, 1.54) is 0 Å². The highest BCUT2D eigenvalue weighted by Crippen LogP contribution is 2.26. The summed E-state index contributed by atoms with van der Waals surface area (Å²) in [5.74, 6) is 0.363. The summed E-state index contributed by atoms with van der Waals surface area (Å²) < 4.78 is 4.96. The van der Waals surface area contributed by atoms with Crippen molar-refractivity contribution in [3.8, 4) is 0 Å². The highest BCUT2D eigenvalue weighted by Gasteiger charge is 2.09. The van der Waals surface area contributed by atoms with Gasteiger partial charge in [-0.05, 0) is 23.6 Å². The number of nitrogens with one attached hydrogen (secondary N) is 1. The third-order valence-electron chi connectivity index (χ3n) is 2.43. The van der Waals surface area contributed by atoms with Crippen LogP contribution in [0.1, 0.15) is 18.4 Å². The van der Waals surface area contributed by atoms with Gasteiger partial charge in [0, 0.05) is 30.2 Å². The number of rotatable bonds is 6. The summed E-state index contributed by atoms with van der Waals surface area (Å²) in [4.78, 5) is 0. The molecular formula is C12H17Cl2NO. The molecule has 0 radical (unpaired) electrons. The van der Waals surface area contributed by atoms with E-state index >= 15 is 0 Å².